The number of hydrogen-bond acceptors (Lipinski definition) is 1. The molecule has 3 heteroatoms. The number of anilines is 1. The van der Waals surface area contributed by atoms with Crippen LogP contribution in [0.1, 0.15) is 0 Å². The van der Waals surface area contributed by atoms with Gasteiger partial charge in [0.25, 0.3) is 0 Å². The van der Waals surface area contributed by atoms with E-state index in [2.05, 4.69) is 21.2 Å². The molecule has 0 aliphatic rings. The Morgan fingerprint density at radius 2 is 1.81 bits per heavy atom. The van der Waals surface area contributed by atoms with Crippen molar-refractivity contribution in [3.63, 3.8) is 0 Å². The molecule has 2 rings (SSSR count). The fourth-order valence-corrected chi connectivity index (χ4v) is 1.78. The predicted molar refractivity (Wildman–Crippen MR) is 69.1 cm³/mol. The first kappa shape index (κ1) is 11.1. The van der Waals surface area contributed by atoms with Gasteiger partial charge in [-0.3, -0.25) is 0 Å². The zero-order valence-corrected chi connectivity index (χ0v) is 10.4. The normalized spacial score (nSPS) is 10.2. The molecule has 0 unspecified atom stereocenters. The van der Waals surface area contributed by atoms with E-state index < -0.39 is 0 Å². The third-order valence-corrected chi connectivity index (χ3v) is 3.05. The SMILES string of the molecule is CNc1cccc(-c2ccc(Br)c(F)c2)c1. The first-order valence-electron chi connectivity index (χ1n) is 4.94. The molecule has 0 fully saturated rings. The number of hydrogen-bond donors (Lipinski definition) is 1. The maximum atomic E-state index is 13.4. The maximum absolute atomic E-state index is 13.4. The van der Waals surface area contributed by atoms with E-state index in [1.807, 2.05) is 37.4 Å². The molecule has 16 heavy (non-hydrogen) atoms. The molecule has 0 bridgehead atoms. The summed E-state index contributed by atoms with van der Waals surface area (Å²) in [6.07, 6.45) is 0. The molecule has 2 aromatic rings. The van der Waals surface area contributed by atoms with Crippen molar-refractivity contribution in [1.29, 1.82) is 0 Å². The van der Waals surface area contributed by atoms with Gasteiger partial charge in [0.05, 0.1) is 4.47 Å². The van der Waals surface area contributed by atoms with Crippen LogP contribution in [0.3, 0.4) is 0 Å². The van der Waals surface area contributed by atoms with E-state index >= 15 is 0 Å². The van der Waals surface area contributed by atoms with E-state index in [1.165, 1.54) is 6.07 Å². The van der Waals surface area contributed by atoms with Crippen molar-refractivity contribution >= 4 is 21.6 Å². The Labute approximate surface area is 102 Å². The third-order valence-electron chi connectivity index (χ3n) is 2.40. The fraction of sp³-hybridized carbons (Fsp3) is 0.0769. The summed E-state index contributed by atoms with van der Waals surface area (Å²) in [6, 6.07) is 13.0. The Bertz CT molecular complexity index is 511. The van der Waals surface area contributed by atoms with E-state index in [1.54, 1.807) is 6.07 Å². The number of halogens is 2. The van der Waals surface area contributed by atoms with Crippen molar-refractivity contribution in [1.82, 2.24) is 0 Å². The highest BCUT2D eigenvalue weighted by atomic mass is 79.9. The second kappa shape index (κ2) is 4.66. The van der Waals surface area contributed by atoms with Crippen LogP contribution in [0.5, 0.6) is 0 Å². The minimum Gasteiger partial charge on any atom is -0.388 e. The van der Waals surface area contributed by atoms with E-state index in [0.29, 0.717) is 4.47 Å². The molecule has 1 N–H and O–H groups in total. The molecule has 0 aromatic heterocycles. The van der Waals surface area contributed by atoms with Gasteiger partial charge in [-0.15, -0.1) is 0 Å². The standard InChI is InChI=1S/C13H11BrFN/c1-16-11-4-2-3-9(7-11)10-5-6-12(14)13(15)8-10/h2-8,16H,1H3. The molecule has 0 spiro atoms. The van der Waals surface area contributed by atoms with Crippen LogP contribution in [0.2, 0.25) is 0 Å². The molecular formula is C13H11BrFN. The van der Waals surface area contributed by atoms with Gasteiger partial charge in [0.15, 0.2) is 0 Å². The smallest absolute Gasteiger partial charge is 0.137 e. The van der Waals surface area contributed by atoms with Gasteiger partial charge in [0.1, 0.15) is 5.82 Å². The Morgan fingerprint density at radius 3 is 2.50 bits per heavy atom. The number of nitrogens with one attached hydrogen (secondary N) is 1. The highest BCUT2D eigenvalue weighted by Gasteiger charge is 2.03. The lowest BCUT2D eigenvalue weighted by Crippen LogP contribution is -1.88. The molecule has 2 aromatic carbocycles. The first-order chi connectivity index (χ1) is 7.70. The van der Waals surface area contributed by atoms with Crippen molar-refractivity contribution < 1.29 is 4.39 Å². The summed E-state index contributed by atoms with van der Waals surface area (Å²) < 4.78 is 13.9. The molecule has 0 atom stereocenters. The zero-order valence-electron chi connectivity index (χ0n) is 8.80. The van der Waals surface area contributed by atoms with Gasteiger partial charge in [0.2, 0.25) is 0 Å². The van der Waals surface area contributed by atoms with E-state index in [4.69, 9.17) is 0 Å². The molecule has 0 amide bonds. The molecule has 0 radical (unpaired) electrons. The fourth-order valence-electron chi connectivity index (χ4n) is 1.53. The average Bonchev–Trinajstić information content (AvgIpc) is 2.33. The van der Waals surface area contributed by atoms with Crippen LogP contribution in [0.15, 0.2) is 46.9 Å². The molecule has 0 aliphatic carbocycles. The second-order valence-electron chi connectivity index (χ2n) is 3.46. The van der Waals surface area contributed by atoms with Crippen molar-refractivity contribution in [3.05, 3.63) is 52.8 Å². The lowest BCUT2D eigenvalue weighted by molar-refractivity contribution is 0.621. The van der Waals surface area contributed by atoms with E-state index in [-0.39, 0.29) is 5.82 Å². The van der Waals surface area contributed by atoms with Crippen molar-refractivity contribution in [2.45, 2.75) is 0 Å². The lowest BCUT2D eigenvalue weighted by atomic mass is 10.1. The summed E-state index contributed by atoms with van der Waals surface area (Å²) in [6.45, 7) is 0. The van der Waals surface area contributed by atoms with E-state index in [0.717, 1.165) is 16.8 Å². The van der Waals surface area contributed by atoms with Crippen LogP contribution in [0.4, 0.5) is 10.1 Å². The Hall–Kier alpha value is -1.35. The van der Waals surface area contributed by atoms with Crippen molar-refractivity contribution in [2.75, 3.05) is 12.4 Å². The molecule has 0 heterocycles. The third kappa shape index (κ3) is 2.25. The molecule has 0 aliphatic heterocycles. The summed E-state index contributed by atoms with van der Waals surface area (Å²) in [4.78, 5) is 0. The van der Waals surface area contributed by atoms with Gasteiger partial charge in [-0.1, -0.05) is 18.2 Å². The monoisotopic (exact) mass is 279 g/mol. The molecule has 82 valence electrons. The summed E-state index contributed by atoms with van der Waals surface area (Å²) in [7, 11) is 1.86. The van der Waals surface area contributed by atoms with Gasteiger partial charge >= 0.3 is 0 Å². The summed E-state index contributed by atoms with van der Waals surface area (Å²) in [5, 5.41) is 3.06. The zero-order chi connectivity index (χ0) is 11.5. The van der Waals surface area contributed by atoms with Crippen LogP contribution in [-0.4, -0.2) is 7.05 Å². The second-order valence-corrected chi connectivity index (χ2v) is 4.31. The van der Waals surface area contributed by atoms with Gasteiger partial charge < -0.3 is 5.32 Å². The lowest BCUT2D eigenvalue weighted by Gasteiger charge is -2.05. The van der Waals surface area contributed by atoms with Gasteiger partial charge in [-0.25, -0.2) is 4.39 Å². The van der Waals surface area contributed by atoms with Crippen molar-refractivity contribution in [2.24, 2.45) is 0 Å². The summed E-state index contributed by atoms with van der Waals surface area (Å²) >= 11 is 3.14. The largest absolute Gasteiger partial charge is 0.388 e. The molecule has 1 nitrogen and oxygen atoms in total. The number of benzene rings is 2. The molecule has 0 saturated heterocycles. The van der Waals surface area contributed by atoms with Crippen LogP contribution in [0, 0.1) is 5.82 Å². The summed E-state index contributed by atoms with van der Waals surface area (Å²) in [5.74, 6) is -0.243. The van der Waals surface area contributed by atoms with Crippen LogP contribution in [-0.2, 0) is 0 Å². The van der Waals surface area contributed by atoms with Crippen molar-refractivity contribution in [3.8, 4) is 11.1 Å². The summed E-state index contributed by atoms with van der Waals surface area (Å²) in [5.41, 5.74) is 2.89. The molecule has 0 saturated carbocycles. The minimum atomic E-state index is -0.243. The average molecular weight is 280 g/mol. The quantitative estimate of drug-likeness (QED) is 0.865. The number of rotatable bonds is 2. The minimum absolute atomic E-state index is 0.243. The molecular weight excluding hydrogens is 269 g/mol. The maximum Gasteiger partial charge on any atom is 0.137 e. The Kier molecular flexibility index (Phi) is 3.25. The Morgan fingerprint density at radius 1 is 1.06 bits per heavy atom. The first-order valence-corrected chi connectivity index (χ1v) is 5.73. The van der Waals surface area contributed by atoms with Crippen LogP contribution >= 0.6 is 15.9 Å². The highest BCUT2D eigenvalue weighted by molar-refractivity contribution is 9.10. The van der Waals surface area contributed by atoms with Gasteiger partial charge in [-0.05, 0) is 51.3 Å². The Balaban J connectivity index is 2.46. The van der Waals surface area contributed by atoms with Crippen LogP contribution in [0.25, 0.3) is 11.1 Å². The van der Waals surface area contributed by atoms with Crippen LogP contribution < -0.4 is 5.32 Å². The topological polar surface area (TPSA) is 12.0 Å². The highest BCUT2D eigenvalue weighted by Crippen LogP contribution is 2.26. The predicted octanol–water partition coefficient (Wildman–Crippen LogP) is 4.30. The van der Waals surface area contributed by atoms with Gasteiger partial charge in [0, 0.05) is 12.7 Å². The van der Waals surface area contributed by atoms with E-state index in [9.17, 15) is 4.39 Å². The van der Waals surface area contributed by atoms with Gasteiger partial charge in [-0.2, -0.15) is 0 Å².